The normalized spacial score (nSPS) is 22.6. The average molecular weight is 344 g/mol. The smallest absolute Gasteiger partial charge is 0.135 e. The van der Waals surface area contributed by atoms with Gasteiger partial charge in [0.25, 0.3) is 0 Å². The molecule has 1 aliphatic heterocycles. The number of benzene rings is 1. The van der Waals surface area contributed by atoms with Crippen LogP contribution in [0.3, 0.4) is 0 Å². The van der Waals surface area contributed by atoms with Gasteiger partial charge in [0, 0.05) is 36.9 Å². The number of hydrogen-bond donors (Lipinski definition) is 2. The van der Waals surface area contributed by atoms with E-state index in [1.54, 1.807) is 6.08 Å². The maximum Gasteiger partial charge on any atom is 0.135 e. The number of allylic oxidation sites excluding steroid dienone is 2. The lowest BCUT2D eigenvalue weighted by molar-refractivity contribution is 0.115. The lowest BCUT2D eigenvalue weighted by Gasteiger charge is -2.39. The van der Waals surface area contributed by atoms with Gasteiger partial charge in [0.05, 0.1) is 17.6 Å². The van der Waals surface area contributed by atoms with Crippen molar-refractivity contribution in [3.8, 4) is 6.07 Å². The fraction of sp³-hybridized carbons (Fsp3) is 0.421. The van der Waals surface area contributed by atoms with E-state index < -0.39 is 11.6 Å². The van der Waals surface area contributed by atoms with Gasteiger partial charge in [-0.3, -0.25) is 4.90 Å². The van der Waals surface area contributed by atoms with Crippen molar-refractivity contribution < 1.29 is 8.78 Å². The number of likely N-dealkylation sites (tertiary alicyclic amines) is 1. The molecule has 0 amide bonds. The summed E-state index contributed by atoms with van der Waals surface area (Å²) in [7, 11) is 0. The predicted octanol–water partition coefficient (Wildman–Crippen LogP) is 2.73. The van der Waals surface area contributed by atoms with E-state index in [1.807, 2.05) is 0 Å². The highest BCUT2D eigenvalue weighted by Crippen LogP contribution is 2.31. The molecule has 2 aliphatic rings. The van der Waals surface area contributed by atoms with Gasteiger partial charge in [0.2, 0.25) is 0 Å². The third kappa shape index (κ3) is 3.67. The second kappa shape index (κ2) is 7.24. The molecule has 0 aromatic heterocycles. The zero-order chi connectivity index (χ0) is 18.0. The first kappa shape index (κ1) is 17.4. The number of rotatable bonds is 4. The van der Waals surface area contributed by atoms with Crippen LogP contribution < -0.4 is 11.5 Å². The summed E-state index contributed by atoms with van der Waals surface area (Å²) in [6.45, 7) is 2.39. The Morgan fingerprint density at radius 1 is 1.32 bits per heavy atom. The Bertz CT molecular complexity index is 737. The van der Waals surface area contributed by atoms with Crippen LogP contribution in [0.1, 0.15) is 24.8 Å². The van der Waals surface area contributed by atoms with Crippen LogP contribution in [0.25, 0.3) is 5.70 Å². The van der Waals surface area contributed by atoms with Gasteiger partial charge < -0.3 is 11.5 Å². The van der Waals surface area contributed by atoms with E-state index in [1.165, 1.54) is 18.2 Å². The van der Waals surface area contributed by atoms with Crippen molar-refractivity contribution in [1.82, 2.24) is 4.90 Å². The zero-order valence-corrected chi connectivity index (χ0v) is 14.0. The summed E-state index contributed by atoms with van der Waals surface area (Å²) >= 11 is 0. The maximum atomic E-state index is 13.9. The molecule has 1 atom stereocenters. The average Bonchev–Trinajstić information content (AvgIpc) is 2.53. The van der Waals surface area contributed by atoms with E-state index in [0.717, 1.165) is 50.2 Å². The van der Waals surface area contributed by atoms with Crippen molar-refractivity contribution in [3.63, 3.8) is 0 Å². The van der Waals surface area contributed by atoms with E-state index in [4.69, 9.17) is 16.7 Å². The number of hydrogen-bond acceptors (Lipinski definition) is 4. The molecule has 1 heterocycles. The van der Waals surface area contributed by atoms with Crippen molar-refractivity contribution in [2.24, 2.45) is 23.3 Å². The van der Waals surface area contributed by atoms with Crippen LogP contribution in [-0.2, 0) is 0 Å². The molecule has 1 aromatic carbocycles. The number of nitrogens with zero attached hydrogens (tertiary/aromatic N) is 2. The highest BCUT2D eigenvalue weighted by Gasteiger charge is 2.30. The van der Waals surface area contributed by atoms with Crippen LogP contribution in [0.2, 0.25) is 0 Å². The van der Waals surface area contributed by atoms with E-state index in [-0.39, 0.29) is 23.1 Å². The first-order chi connectivity index (χ1) is 12.0. The van der Waals surface area contributed by atoms with Gasteiger partial charge >= 0.3 is 0 Å². The van der Waals surface area contributed by atoms with E-state index in [2.05, 4.69) is 11.0 Å². The quantitative estimate of drug-likeness (QED) is 0.880. The minimum absolute atomic E-state index is 0.0581. The number of halogens is 2. The summed E-state index contributed by atoms with van der Waals surface area (Å²) in [4.78, 5) is 2.22. The number of nitriles is 1. The molecule has 25 heavy (non-hydrogen) atoms. The third-order valence-corrected chi connectivity index (χ3v) is 5.01. The van der Waals surface area contributed by atoms with Crippen LogP contribution in [0.15, 0.2) is 35.5 Å². The molecule has 132 valence electrons. The molecule has 3 rings (SSSR count). The first-order valence-electron chi connectivity index (χ1n) is 8.51. The minimum Gasteiger partial charge on any atom is -0.402 e. The molecule has 4 N–H and O–H groups in total. The Labute approximate surface area is 146 Å². The van der Waals surface area contributed by atoms with Crippen LogP contribution in [0.4, 0.5) is 8.78 Å². The summed E-state index contributed by atoms with van der Waals surface area (Å²) in [5.74, 6) is -1.04. The summed E-state index contributed by atoms with van der Waals surface area (Å²) in [5.41, 5.74) is 13.7. The van der Waals surface area contributed by atoms with Gasteiger partial charge in [0.15, 0.2) is 0 Å². The van der Waals surface area contributed by atoms with Gasteiger partial charge in [-0.2, -0.15) is 5.26 Å². The van der Waals surface area contributed by atoms with Crippen molar-refractivity contribution in [2.75, 3.05) is 19.6 Å². The molecule has 1 unspecified atom stereocenters. The molecular formula is C19H22F2N4. The topological polar surface area (TPSA) is 79.1 Å². The molecule has 0 radical (unpaired) electrons. The van der Waals surface area contributed by atoms with Crippen molar-refractivity contribution in [2.45, 2.75) is 19.3 Å². The second-order valence-corrected chi connectivity index (χ2v) is 6.81. The van der Waals surface area contributed by atoms with E-state index in [9.17, 15) is 8.78 Å². The van der Waals surface area contributed by atoms with Crippen LogP contribution >= 0.6 is 0 Å². The Morgan fingerprint density at radius 2 is 2.00 bits per heavy atom. The Balaban J connectivity index is 1.78. The molecule has 0 saturated carbocycles. The summed E-state index contributed by atoms with van der Waals surface area (Å²) in [5, 5.41) is 8.86. The highest BCUT2D eigenvalue weighted by atomic mass is 19.1. The van der Waals surface area contributed by atoms with Gasteiger partial charge in [-0.15, -0.1) is 0 Å². The fourth-order valence-electron chi connectivity index (χ4n) is 3.59. The SMILES string of the molecule is N#CC1CN(CC2CCCC(/C=C(\N)c3c(F)cccc3F)=C2N)C1. The number of nitrogens with two attached hydrogens (primary N) is 2. The summed E-state index contributed by atoms with van der Waals surface area (Å²) < 4.78 is 27.8. The molecular weight excluding hydrogens is 322 g/mol. The van der Waals surface area contributed by atoms with Gasteiger partial charge in [-0.1, -0.05) is 6.07 Å². The molecule has 0 bridgehead atoms. The van der Waals surface area contributed by atoms with Crippen molar-refractivity contribution >= 4 is 5.70 Å². The lowest BCUT2D eigenvalue weighted by atomic mass is 9.85. The van der Waals surface area contributed by atoms with Crippen molar-refractivity contribution in [3.05, 3.63) is 52.7 Å². The zero-order valence-electron chi connectivity index (χ0n) is 14.0. The summed E-state index contributed by atoms with van der Waals surface area (Å²) in [6.07, 6.45) is 4.29. The monoisotopic (exact) mass is 344 g/mol. The third-order valence-electron chi connectivity index (χ3n) is 5.01. The molecule has 1 aliphatic carbocycles. The van der Waals surface area contributed by atoms with Crippen LogP contribution in [0.5, 0.6) is 0 Å². The molecule has 1 aromatic rings. The lowest BCUT2D eigenvalue weighted by Crippen LogP contribution is -2.48. The Hall–Kier alpha value is -2.39. The van der Waals surface area contributed by atoms with Crippen molar-refractivity contribution in [1.29, 1.82) is 5.26 Å². The standard InChI is InChI=1S/C19H22F2N4/c20-15-5-2-6-16(21)18(15)17(23)7-13-3-1-4-14(19(13)24)11-25-9-12(8-22)10-25/h2,5-7,12,14H,1,3-4,9-11,23-24H2/b17-7-. The highest BCUT2D eigenvalue weighted by molar-refractivity contribution is 5.66. The predicted molar refractivity (Wildman–Crippen MR) is 92.6 cm³/mol. The summed E-state index contributed by atoms with van der Waals surface area (Å²) in [6, 6.07) is 5.96. The van der Waals surface area contributed by atoms with Crippen LogP contribution in [0, 0.1) is 34.8 Å². The Morgan fingerprint density at radius 3 is 2.64 bits per heavy atom. The molecule has 1 saturated heterocycles. The van der Waals surface area contributed by atoms with Crippen LogP contribution in [-0.4, -0.2) is 24.5 Å². The maximum absolute atomic E-state index is 13.9. The molecule has 6 heteroatoms. The van der Waals surface area contributed by atoms with E-state index >= 15 is 0 Å². The largest absolute Gasteiger partial charge is 0.402 e. The van der Waals surface area contributed by atoms with Gasteiger partial charge in [-0.05, 0) is 43.0 Å². The minimum atomic E-state index is -0.677. The van der Waals surface area contributed by atoms with Gasteiger partial charge in [-0.25, -0.2) is 8.78 Å². The van der Waals surface area contributed by atoms with Gasteiger partial charge in [0.1, 0.15) is 11.6 Å². The Kier molecular flexibility index (Phi) is 5.05. The second-order valence-electron chi connectivity index (χ2n) is 6.81. The molecule has 1 fully saturated rings. The fourth-order valence-corrected chi connectivity index (χ4v) is 3.59. The van der Waals surface area contributed by atoms with E-state index in [0.29, 0.717) is 0 Å². The molecule has 0 spiro atoms. The molecule has 4 nitrogen and oxygen atoms in total. The first-order valence-corrected chi connectivity index (χ1v) is 8.51.